The summed E-state index contributed by atoms with van der Waals surface area (Å²) in [5.41, 5.74) is 1.25. The molecule has 4 rings (SSSR count). The van der Waals surface area contributed by atoms with E-state index in [9.17, 15) is 0 Å². The van der Waals surface area contributed by atoms with Crippen LogP contribution < -0.4 is 4.74 Å². The fourth-order valence-electron chi connectivity index (χ4n) is 3.62. The lowest BCUT2D eigenvalue weighted by Gasteiger charge is -2.32. The second-order valence-corrected chi connectivity index (χ2v) is 6.81. The molecule has 0 amide bonds. The van der Waals surface area contributed by atoms with Gasteiger partial charge in [0.05, 0.1) is 12.9 Å². The number of hydrogen-bond acceptors (Lipinski definition) is 4. The van der Waals surface area contributed by atoms with Crippen LogP contribution in [0.25, 0.3) is 0 Å². The molecule has 1 aliphatic heterocycles. The lowest BCUT2D eigenvalue weighted by Crippen LogP contribution is -2.34. The van der Waals surface area contributed by atoms with Crippen LogP contribution in [0.5, 0.6) is 5.75 Å². The van der Waals surface area contributed by atoms with E-state index < -0.39 is 0 Å². The average molecular weight is 351 g/mol. The average Bonchev–Trinajstić information content (AvgIpc) is 3.37. The molecule has 1 atom stereocenters. The van der Waals surface area contributed by atoms with Crippen LogP contribution >= 0.6 is 0 Å². The second kappa shape index (κ2) is 8.19. The predicted octanol–water partition coefficient (Wildman–Crippen LogP) is 3.06. The molecule has 1 fully saturated rings. The number of nitrogens with zero attached hydrogens (tertiary/aromatic N) is 4. The number of benzene rings is 1. The molecule has 0 radical (unpaired) electrons. The van der Waals surface area contributed by atoms with Crippen molar-refractivity contribution < 1.29 is 4.74 Å². The Labute approximate surface area is 153 Å². The lowest BCUT2D eigenvalue weighted by molar-refractivity contribution is 0.193. The van der Waals surface area contributed by atoms with E-state index in [2.05, 4.69) is 38.1 Å². The van der Waals surface area contributed by atoms with Gasteiger partial charge in [0.1, 0.15) is 18.2 Å². The standard InChI is InChI=1S/C20H25N5O/c1-2-6-19(26-13-12-24-11-9-21-16-24)17(4-1)14-25-10-3-5-18(15-25)20-22-7-8-23-20/h1-2,4,6-9,11,16,18H,3,5,10,12-15H2,(H,22,23). The Morgan fingerprint density at radius 1 is 1.23 bits per heavy atom. The molecule has 3 heterocycles. The van der Waals surface area contributed by atoms with Gasteiger partial charge >= 0.3 is 0 Å². The first-order valence-corrected chi connectivity index (χ1v) is 9.26. The molecule has 6 heteroatoms. The molecular weight excluding hydrogens is 326 g/mol. The van der Waals surface area contributed by atoms with Gasteiger partial charge in [-0.25, -0.2) is 9.97 Å². The SMILES string of the molecule is c1ccc(OCCn2ccnc2)c(CN2CCCC(c3ncc[nH]3)C2)c1. The molecule has 0 spiro atoms. The monoisotopic (exact) mass is 351 g/mol. The largest absolute Gasteiger partial charge is 0.491 e. The highest BCUT2D eigenvalue weighted by atomic mass is 16.5. The van der Waals surface area contributed by atoms with E-state index in [0.717, 1.165) is 37.8 Å². The van der Waals surface area contributed by atoms with E-state index in [4.69, 9.17) is 4.74 Å². The number of hydrogen-bond donors (Lipinski definition) is 1. The minimum absolute atomic E-state index is 0.494. The Morgan fingerprint density at radius 3 is 3.04 bits per heavy atom. The fraction of sp³-hybridized carbons (Fsp3) is 0.400. The van der Waals surface area contributed by atoms with Gasteiger partial charge in [0.2, 0.25) is 0 Å². The highest BCUT2D eigenvalue weighted by molar-refractivity contribution is 5.33. The first-order valence-electron chi connectivity index (χ1n) is 9.26. The van der Waals surface area contributed by atoms with Crippen LogP contribution in [0.2, 0.25) is 0 Å². The predicted molar refractivity (Wildman–Crippen MR) is 100 cm³/mol. The summed E-state index contributed by atoms with van der Waals surface area (Å²) in [5.74, 6) is 2.58. The molecule has 0 saturated carbocycles. The number of rotatable bonds is 7. The number of nitrogens with one attached hydrogen (secondary N) is 1. The maximum Gasteiger partial charge on any atom is 0.123 e. The van der Waals surface area contributed by atoms with Crippen molar-refractivity contribution in [3.8, 4) is 5.75 Å². The summed E-state index contributed by atoms with van der Waals surface area (Å²) in [6.45, 7) is 4.52. The molecular formula is C20H25N5O. The fourth-order valence-corrected chi connectivity index (χ4v) is 3.62. The maximum absolute atomic E-state index is 6.06. The van der Waals surface area contributed by atoms with Crippen molar-refractivity contribution in [1.29, 1.82) is 0 Å². The Morgan fingerprint density at radius 2 is 2.19 bits per heavy atom. The third kappa shape index (κ3) is 4.14. The summed E-state index contributed by atoms with van der Waals surface area (Å²) in [7, 11) is 0. The van der Waals surface area contributed by atoms with Crippen LogP contribution in [-0.2, 0) is 13.1 Å². The summed E-state index contributed by atoms with van der Waals surface area (Å²) >= 11 is 0. The Hall–Kier alpha value is -2.60. The lowest BCUT2D eigenvalue weighted by atomic mass is 9.97. The number of likely N-dealkylation sites (tertiary alicyclic amines) is 1. The van der Waals surface area contributed by atoms with E-state index in [1.807, 2.05) is 35.6 Å². The van der Waals surface area contributed by atoms with Gasteiger partial charge in [0.15, 0.2) is 0 Å². The van der Waals surface area contributed by atoms with Crippen LogP contribution in [0.1, 0.15) is 30.1 Å². The summed E-state index contributed by atoms with van der Waals surface area (Å²) < 4.78 is 8.09. The van der Waals surface area contributed by atoms with E-state index >= 15 is 0 Å². The molecule has 0 bridgehead atoms. The third-order valence-corrected chi connectivity index (χ3v) is 4.94. The van der Waals surface area contributed by atoms with E-state index in [1.165, 1.54) is 18.4 Å². The quantitative estimate of drug-likeness (QED) is 0.711. The molecule has 3 aromatic rings. The first-order chi connectivity index (χ1) is 12.9. The number of para-hydroxylation sites is 1. The minimum atomic E-state index is 0.494. The number of H-pyrrole nitrogens is 1. The number of imidazole rings is 2. The maximum atomic E-state index is 6.06. The first kappa shape index (κ1) is 16.8. The van der Waals surface area contributed by atoms with Crippen LogP contribution in [-0.4, -0.2) is 44.1 Å². The Bertz CT molecular complexity index is 784. The topological polar surface area (TPSA) is 59.0 Å². The third-order valence-electron chi connectivity index (χ3n) is 4.94. The number of aromatic nitrogens is 4. The van der Waals surface area contributed by atoms with Crippen molar-refractivity contribution >= 4 is 0 Å². The molecule has 1 saturated heterocycles. The van der Waals surface area contributed by atoms with E-state index in [1.54, 1.807) is 6.20 Å². The van der Waals surface area contributed by atoms with Gasteiger partial charge in [-0.3, -0.25) is 4.90 Å². The van der Waals surface area contributed by atoms with Gasteiger partial charge in [-0.1, -0.05) is 18.2 Å². The van der Waals surface area contributed by atoms with Crippen molar-refractivity contribution in [2.75, 3.05) is 19.7 Å². The second-order valence-electron chi connectivity index (χ2n) is 6.81. The van der Waals surface area contributed by atoms with Gasteiger partial charge < -0.3 is 14.3 Å². The zero-order valence-electron chi connectivity index (χ0n) is 14.9. The molecule has 1 unspecified atom stereocenters. The van der Waals surface area contributed by atoms with Crippen molar-refractivity contribution in [2.24, 2.45) is 0 Å². The minimum Gasteiger partial charge on any atom is -0.491 e. The zero-order chi connectivity index (χ0) is 17.6. The highest BCUT2D eigenvalue weighted by Gasteiger charge is 2.23. The summed E-state index contributed by atoms with van der Waals surface area (Å²) in [6, 6.07) is 8.37. The molecule has 136 valence electrons. The van der Waals surface area contributed by atoms with Gasteiger partial charge in [-0.15, -0.1) is 0 Å². The molecule has 1 aromatic carbocycles. The molecule has 0 aliphatic carbocycles. The van der Waals surface area contributed by atoms with Crippen molar-refractivity contribution in [2.45, 2.75) is 31.8 Å². The van der Waals surface area contributed by atoms with Crippen LogP contribution in [0.4, 0.5) is 0 Å². The van der Waals surface area contributed by atoms with Gasteiger partial charge in [0.25, 0.3) is 0 Å². The van der Waals surface area contributed by atoms with Gasteiger partial charge in [-0.05, 0) is 25.5 Å². The van der Waals surface area contributed by atoms with Gasteiger partial charge in [0, 0.05) is 49.4 Å². The molecule has 6 nitrogen and oxygen atoms in total. The number of piperidine rings is 1. The summed E-state index contributed by atoms with van der Waals surface area (Å²) in [5, 5.41) is 0. The van der Waals surface area contributed by atoms with E-state index in [0.29, 0.717) is 12.5 Å². The smallest absolute Gasteiger partial charge is 0.123 e. The van der Waals surface area contributed by atoms with Crippen molar-refractivity contribution in [3.05, 3.63) is 66.8 Å². The van der Waals surface area contributed by atoms with Crippen LogP contribution in [0.15, 0.2) is 55.4 Å². The van der Waals surface area contributed by atoms with Crippen LogP contribution in [0, 0.1) is 0 Å². The van der Waals surface area contributed by atoms with Crippen molar-refractivity contribution in [3.63, 3.8) is 0 Å². The number of ether oxygens (including phenoxy) is 1. The molecule has 26 heavy (non-hydrogen) atoms. The molecule has 1 N–H and O–H groups in total. The van der Waals surface area contributed by atoms with E-state index in [-0.39, 0.29) is 0 Å². The van der Waals surface area contributed by atoms with Crippen molar-refractivity contribution in [1.82, 2.24) is 24.4 Å². The summed E-state index contributed by atoms with van der Waals surface area (Å²) in [4.78, 5) is 14.3. The summed E-state index contributed by atoms with van der Waals surface area (Å²) in [6.07, 6.45) is 11.7. The normalized spacial score (nSPS) is 18.1. The Kier molecular flexibility index (Phi) is 5.30. The highest BCUT2D eigenvalue weighted by Crippen LogP contribution is 2.27. The van der Waals surface area contributed by atoms with Gasteiger partial charge in [-0.2, -0.15) is 0 Å². The van der Waals surface area contributed by atoms with Crippen LogP contribution in [0.3, 0.4) is 0 Å². The molecule has 2 aromatic heterocycles. The zero-order valence-corrected chi connectivity index (χ0v) is 14.9. The number of aromatic amines is 1. The Balaban J connectivity index is 1.36. The molecule has 1 aliphatic rings.